The smallest absolute Gasteiger partial charge is 0.337 e. The fraction of sp³-hybridized carbons (Fsp3) is 0.536. The van der Waals surface area contributed by atoms with Crippen LogP contribution in [0.25, 0.3) is 0 Å². The van der Waals surface area contributed by atoms with Gasteiger partial charge in [-0.2, -0.15) is 0 Å². The zero-order valence-electron chi connectivity index (χ0n) is 21.1. The Balaban J connectivity index is 1.57. The number of fused-ring (bicyclic) bond motifs is 1. The maximum absolute atomic E-state index is 13.9. The van der Waals surface area contributed by atoms with E-state index in [9.17, 15) is 14.4 Å². The quantitative estimate of drug-likeness (QED) is 0.375. The first-order chi connectivity index (χ1) is 17.4. The second-order valence-corrected chi connectivity index (χ2v) is 10.2. The maximum atomic E-state index is 13.9. The van der Waals surface area contributed by atoms with Gasteiger partial charge in [0.2, 0.25) is 6.79 Å². The number of nitrogens with one attached hydrogen (secondary N) is 1. The molecular weight excluding hydrogens is 462 g/mol. The molecule has 0 spiro atoms. The number of hydrogen-bond donors (Lipinski definition) is 1. The number of carbonyl (C=O) groups is 3. The van der Waals surface area contributed by atoms with Gasteiger partial charge in [-0.25, -0.2) is 4.79 Å². The standard InChI is InChI=1S/C28H33NO7/c1-15-12-19-25(26(30)22(15)27(31)33-3)24(17-10-11-20-21(13-17)35-14-34-20)23(16(2)29-19)28(32)36-18-8-6-4-5-7-9-18/h10-11,13,15,18,22,24,29H,4-9,12,14H2,1-3H3/t15-,22+,24-/m1/s1. The van der Waals surface area contributed by atoms with Gasteiger partial charge in [0, 0.05) is 22.9 Å². The second kappa shape index (κ2) is 9.99. The monoisotopic (exact) mass is 495 g/mol. The Hall–Kier alpha value is -3.29. The molecule has 0 aromatic heterocycles. The van der Waals surface area contributed by atoms with Crippen LogP contribution >= 0.6 is 0 Å². The normalized spacial score (nSPS) is 26.2. The first-order valence-electron chi connectivity index (χ1n) is 12.8. The van der Waals surface area contributed by atoms with Crippen LogP contribution in [0.3, 0.4) is 0 Å². The third-order valence-electron chi connectivity index (χ3n) is 7.77. The van der Waals surface area contributed by atoms with Gasteiger partial charge in [0.05, 0.1) is 12.7 Å². The summed E-state index contributed by atoms with van der Waals surface area (Å²) in [5, 5.41) is 3.32. The molecule has 0 saturated heterocycles. The largest absolute Gasteiger partial charge is 0.468 e. The number of ketones is 1. The minimum Gasteiger partial charge on any atom is -0.468 e. The van der Waals surface area contributed by atoms with E-state index in [-0.39, 0.29) is 24.6 Å². The highest BCUT2D eigenvalue weighted by molar-refractivity contribution is 6.12. The van der Waals surface area contributed by atoms with Crippen LogP contribution < -0.4 is 14.8 Å². The summed E-state index contributed by atoms with van der Waals surface area (Å²) < 4.78 is 22.1. The van der Waals surface area contributed by atoms with Gasteiger partial charge in [0.15, 0.2) is 17.3 Å². The van der Waals surface area contributed by atoms with Crippen LogP contribution in [0.1, 0.15) is 70.3 Å². The summed E-state index contributed by atoms with van der Waals surface area (Å²) in [6.45, 7) is 3.83. The molecule has 2 aliphatic carbocycles. The summed E-state index contributed by atoms with van der Waals surface area (Å²) in [5.74, 6) is -1.99. The molecule has 4 aliphatic rings. The number of rotatable bonds is 4. The molecule has 3 atom stereocenters. The van der Waals surface area contributed by atoms with Gasteiger partial charge >= 0.3 is 11.9 Å². The van der Waals surface area contributed by atoms with Gasteiger partial charge in [0.25, 0.3) is 0 Å². The molecule has 0 bridgehead atoms. The molecule has 192 valence electrons. The third-order valence-corrected chi connectivity index (χ3v) is 7.77. The summed E-state index contributed by atoms with van der Waals surface area (Å²) in [4.78, 5) is 40.2. The van der Waals surface area contributed by atoms with E-state index in [1.54, 1.807) is 6.07 Å². The van der Waals surface area contributed by atoms with Gasteiger partial charge in [-0.05, 0) is 62.6 Å². The molecule has 2 aliphatic heterocycles. The average molecular weight is 496 g/mol. The van der Waals surface area contributed by atoms with Gasteiger partial charge in [0.1, 0.15) is 12.0 Å². The highest BCUT2D eigenvalue weighted by Crippen LogP contribution is 2.47. The Morgan fingerprint density at radius 2 is 1.78 bits per heavy atom. The van der Waals surface area contributed by atoms with Crippen molar-refractivity contribution in [2.75, 3.05) is 13.9 Å². The van der Waals surface area contributed by atoms with E-state index < -0.39 is 23.8 Å². The molecule has 0 unspecified atom stereocenters. The van der Waals surface area contributed by atoms with E-state index in [1.165, 1.54) is 7.11 Å². The van der Waals surface area contributed by atoms with E-state index >= 15 is 0 Å². The number of dihydropyridines is 1. The molecular formula is C28H33NO7. The average Bonchev–Trinajstić information content (AvgIpc) is 3.18. The molecule has 1 fully saturated rings. The van der Waals surface area contributed by atoms with Crippen molar-refractivity contribution in [1.29, 1.82) is 0 Å². The van der Waals surface area contributed by atoms with Crippen molar-refractivity contribution in [3.05, 3.63) is 46.3 Å². The van der Waals surface area contributed by atoms with Crippen LogP contribution in [0, 0.1) is 11.8 Å². The van der Waals surface area contributed by atoms with E-state index in [0.717, 1.165) is 44.2 Å². The van der Waals surface area contributed by atoms with Crippen LogP contribution in [0.5, 0.6) is 11.5 Å². The van der Waals surface area contributed by atoms with Crippen molar-refractivity contribution in [2.24, 2.45) is 11.8 Å². The van der Waals surface area contributed by atoms with Crippen LogP contribution in [0.4, 0.5) is 0 Å². The number of benzene rings is 1. The Morgan fingerprint density at radius 3 is 2.50 bits per heavy atom. The molecule has 1 saturated carbocycles. The first-order valence-corrected chi connectivity index (χ1v) is 12.8. The Morgan fingerprint density at radius 1 is 1.06 bits per heavy atom. The van der Waals surface area contributed by atoms with E-state index in [2.05, 4.69) is 5.32 Å². The lowest BCUT2D eigenvalue weighted by Crippen LogP contribution is -2.43. The minimum atomic E-state index is -0.926. The summed E-state index contributed by atoms with van der Waals surface area (Å²) in [6.07, 6.45) is 6.40. The molecule has 2 heterocycles. The highest BCUT2D eigenvalue weighted by atomic mass is 16.7. The Bertz CT molecular complexity index is 1140. The summed E-state index contributed by atoms with van der Waals surface area (Å²) in [6, 6.07) is 5.45. The lowest BCUT2D eigenvalue weighted by molar-refractivity contribution is -0.151. The molecule has 8 heteroatoms. The Kier molecular flexibility index (Phi) is 6.77. The number of carbonyl (C=O) groups excluding carboxylic acids is 3. The molecule has 1 aromatic rings. The highest BCUT2D eigenvalue weighted by Gasteiger charge is 2.47. The SMILES string of the molecule is COC(=O)[C@@H]1C(=O)C2=C(C[C@H]1C)NC(C)=C(C(=O)OC1CCCCCC1)[C@H]2c1ccc2c(c1)OCO2. The number of allylic oxidation sites excluding steroid dienone is 3. The number of Topliss-reactive ketones (excluding diaryl/α,β-unsaturated/α-hetero) is 1. The van der Waals surface area contributed by atoms with Crippen molar-refractivity contribution in [3.8, 4) is 11.5 Å². The lowest BCUT2D eigenvalue weighted by atomic mass is 9.69. The van der Waals surface area contributed by atoms with E-state index in [0.29, 0.717) is 40.3 Å². The van der Waals surface area contributed by atoms with Gasteiger partial charge in [-0.1, -0.05) is 25.8 Å². The second-order valence-electron chi connectivity index (χ2n) is 10.2. The first kappa shape index (κ1) is 24.4. The summed E-state index contributed by atoms with van der Waals surface area (Å²) >= 11 is 0. The van der Waals surface area contributed by atoms with E-state index in [1.807, 2.05) is 26.0 Å². The molecule has 5 rings (SSSR count). The summed E-state index contributed by atoms with van der Waals surface area (Å²) in [7, 11) is 1.29. The van der Waals surface area contributed by atoms with Crippen molar-refractivity contribution in [1.82, 2.24) is 5.32 Å². The van der Waals surface area contributed by atoms with Crippen molar-refractivity contribution < 1.29 is 33.3 Å². The molecule has 0 amide bonds. The molecule has 0 radical (unpaired) electrons. The van der Waals surface area contributed by atoms with Crippen LogP contribution in [-0.4, -0.2) is 37.7 Å². The zero-order valence-corrected chi connectivity index (χ0v) is 21.1. The van der Waals surface area contributed by atoms with Crippen LogP contribution in [-0.2, 0) is 23.9 Å². The van der Waals surface area contributed by atoms with Crippen molar-refractivity contribution >= 4 is 17.7 Å². The number of esters is 2. The fourth-order valence-electron chi connectivity index (χ4n) is 5.95. The molecule has 1 N–H and O–H groups in total. The van der Waals surface area contributed by atoms with Crippen molar-refractivity contribution in [2.45, 2.75) is 70.8 Å². The minimum absolute atomic E-state index is 0.116. The summed E-state index contributed by atoms with van der Waals surface area (Å²) in [5.41, 5.74) is 2.92. The Labute approximate surface area is 211 Å². The predicted molar refractivity (Wildman–Crippen MR) is 130 cm³/mol. The molecule has 8 nitrogen and oxygen atoms in total. The fourth-order valence-corrected chi connectivity index (χ4v) is 5.95. The number of ether oxygens (including phenoxy) is 4. The van der Waals surface area contributed by atoms with Gasteiger partial charge in [-0.3, -0.25) is 9.59 Å². The third kappa shape index (κ3) is 4.38. The lowest BCUT2D eigenvalue weighted by Gasteiger charge is -2.38. The maximum Gasteiger partial charge on any atom is 0.337 e. The van der Waals surface area contributed by atoms with E-state index in [4.69, 9.17) is 18.9 Å². The van der Waals surface area contributed by atoms with Crippen LogP contribution in [0.15, 0.2) is 40.7 Å². The number of methoxy groups -OCH3 is 1. The molecule has 36 heavy (non-hydrogen) atoms. The number of hydrogen-bond acceptors (Lipinski definition) is 8. The molecule has 1 aromatic carbocycles. The van der Waals surface area contributed by atoms with Gasteiger partial charge in [-0.15, -0.1) is 0 Å². The van der Waals surface area contributed by atoms with Crippen LogP contribution in [0.2, 0.25) is 0 Å². The topological polar surface area (TPSA) is 100 Å². The van der Waals surface area contributed by atoms with Crippen molar-refractivity contribution in [3.63, 3.8) is 0 Å². The predicted octanol–water partition coefficient (Wildman–Crippen LogP) is 4.29. The van der Waals surface area contributed by atoms with Gasteiger partial charge < -0.3 is 24.3 Å². The zero-order chi connectivity index (χ0) is 25.4.